The van der Waals surface area contributed by atoms with Gasteiger partial charge in [0.25, 0.3) is 0 Å². The molecule has 1 saturated heterocycles. The summed E-state index contributed by atoms with van der Waals surface area (Å²) in [5.41, 5.74) is 2.88. The Morgan fingerprint density at radius 3 is 2.59 bits per heavy atom. The number of hydrogen-bond acceptors (Lipinski definition) is 7. The Morgan fingerprint density at radius 1 is 1.10 bits per heavy atom. The number of benzene rings is 1. The second-order valence-electron chi connectivity index (χ2n) is 7.02. The van der Waals surface area contributed by atoms with E-state index in [4.69, 9.17) is 14.2 Å². The molecule has 1 aromatic carbocycles. The number of methoxy groups -OCH3 is 2. The Bertz CT molecular complexity index is 889. The second-order valence-corrected chi connectivity index (χ2v) is 7.02. The SMILES string of the molecule is COc1ccc(-c2cnc(NC3=CCC([C@H]4CNCCO4)C=C3)nc2)cc1OC. The molecule has 2 aliphatic rings. The molecule has 1 aliphatic heterocycles. The van der Waals surface area contributed by atoms with Crippen LogP contribution in [-0.4, -0.2) is 50.0 Å². The van der Waals surface area contributed by atoms with Crippen molar-refractivity contribution >= 4 is 5.95 Å². The molecule has 0 saturated carbocycles. The van der Waals surface area contributed by atoms with Gasteiger partial charge >= 0.3 is 0 Å². The van der Waals surface area contributed by atoms with Crippen LogP contribution in [0.3, 0.4) is 0 Å². The minimum absolute atomic E-state index is 0.245. The number of morpholine rings is 1. The van der Waals surface area contributed by atoms with Crippen molar-refractivity contribution in [2.75, 3.05) is 39.2 Å². The van der Waals surface area contributed by atoms with Crippen LogP contribution >= 0.6 is 0 Å². The molecule has 1 unspecified atom stereocenters. The van der Waals surface area contributed by atoms with E-state index in [0.29, 0.717) is 23.4 Å². The predicted molar refractivity (Wildman–Crippen MR) is 112 cm³/mol. The largest absolute Gasteiger partial charge is 0.493 e. The number of rotatable bonds is 6. The third kappa shape index (κ3) is 4.58. The van der Waals surface area contributed by atoms with Crippen LogP contribution in [0.1, 0.15) is 6.42 Å². The van der Waals surface area contributed by atoms with E-state index in [9.17, 15) is 0 Å². The first-order valence-corrected chi connectivity index (χ1v) is 9.79. The monoisotopic (exact) mass is 394 g/mol. The maximum Gasteiger partial charge on any atom is 0.227 e. The lowest BCUT2D eigenvalue weighted by molar-refractivity contribution is 0.00355. The van der Waals surface area contributed by atoms with Crippen molar-refractivity contribution in [3.8, 4) is 22.6 Å². The number of anilines is 1. The Kier molecular flexibility index (Phi) is 6.07. The Labute approximate surface area is 170 Å². The smallest absolute Gasteiger partial charge is 0.227 e. The fraction of sp³-hybridized carbons (Fsp3) is 0.364. The first-order chi connectivity index (χ1) is 14.3. The molecule has 152 valence electrons. The van der Waals surface area contributed by atoms with Gasteiger partial charge in [-0.1, -0.05) is 18.2 Å². The van der Waals surface area contributed by atoms with Crippen molar-refractivity contribution in [2.45, 2.75) is 12.5 Å². The molecule has 4 rings (SSSR count). The summed E-state index contributed by atoms with van der Waals surface area (Å²) < 4.78 is 16.5. The molecule has 2 heterocycles. The molecule has 7 nitrogen and oxygen atoms in total. The van der Waals surface area contributed by atoms with E-state index in [2.05, 4.69) is 38.8 Å². The third-order valence-corrected chi connectivity index (χ3v) is 5.19. The van der Waals surface area contributed by atoms with E-state index in [0.717, 1.165) is 42.9 Å². The summed E-state index contributed by atoms with van der Waals surface area (Å²) in [4.78, 5) is 8.90. The molecule has 2 aromatic rings. The van der Waals surface area contributed by atoms with Gasteiger partial charge in [-0.05, 0) is 30.2 Å². The first kappa shape index (κ1) is 19.4. The van der Waals surface area contributed by atoms with Crippen LogP contribution in [-0.2, 0) is 4.74 Å². The molecule has 1 fully saturated rings. The van der Waals surface area contributed by atoms with Gasteiger partial charge in [0.05, 0.1) is 26.9 Å². The predicted octanol–water partition coefficient (Wildman–Crippen LogP) is 3.02. The molecule has 1 aromatic heterocycles. The van der Waals surface area contributed by atoms with E-state index < -0.39 is 0 Å². The summed E-state index contributed by atoms with van der Waals surface area (Å²) in [6.07, 6.45) is 11.2. The molecule has 1 aliphatic carbocycles. The first-order valence-electron chi connectivity index (χ1n) is 9.79. The fourth-order valence-electron chi connectivity index (χ4n) is 3.55. The second kappa shape index (κ2) is 9.07. The van der Waals surface area contributed by atoms with Crippen LogP contribution in [0.25, 0.3) is 11.1 Å². The van der Waals surface area contributed by atoms with Gasteiger partial charge in [0.1, 0.15) is 0 Å². The van der Waals surface area contributed by atoms with Crippen molar-refractivity contribution in [2.24, 2.45) is 5.92 Å². The van der Waals surface area contributed by atoms with Crippen LogP contribution in [0.2, 0.25) is 0 Å². The third-order valence-electron chi connectivity index (χ3n) is 5.19. The summed E-state index contributed by atoms with van der Waals surface area (Å²) in [7, 11) is 3.24. The average Bonchev–Trinajstić information content (AvgIpc) is 2.80. The zero-order chi connectivity index (χ0) is 20.1. The lowest BCUT2D eigenvalue weighted by atomic mass is 9.93. The van der Waals surface area contributed by atoms with E-state index in [-0.39, 0.29) is 6.10 Å². The van der Waals surface area contributed by atoms with Crippen molar-refractivity contribution in [3.05, 3.63) is 54.5 Å². The molecule has 0 bridgehead atoms. The summed E-state index contributed by atoms with van der Waals surface area (Å²) in [6, 6.07) is 5.75. The maximum atomic E-state index is 5.85. The van der Waals surface area contributed by atoms with Gasteiger partial charge < -0.3 is 24.8 Å². The molecule has 0 amide bonds. The van der Waals surface area contributed by atoms with E-state index in [1.807, 2.05) is 18.2 Å². The highest BCUT2D eigenvalue weighted by molar-refractivity contribution is 5.66. The number of hydrogen-bond donors (Lipinski definition) is 2. The highest BCUT2D eigenvalue weighted by Crippen LogP contribution is 2.32. The van der Waals surface area contributed by atoms with Gasteiger partial charge in [-0.25, -0.2) is 9.97 Å². The van der Waals surface area contributed by atoms with Gasteiger partial charge in [0.2, 0.25) is 5.95 Å². The highest BCUT2D eigenvalue weighted by Gasteiger charge is 2.23. The molecule has 0 radical (unpaired) electrons. The molecule has 2 atom stereocenters. The number of allylic oxidation sites excluding steroid dienone is 2. The quantitative estimate of drug-likeness (QED) is 0.780. The topological polar surface area (TPSA) is 77.5 Å². The molecule has 7 heteroatoms. The molecular weight excluding hydrogens is 368 g/mol. The van der Waals surface area contributed by atoms with Gasteiger partial charge in [0, 0.05) is 42.7 Å². The zero-order valence-corrected chi connectivity index (χ0v) is 16.7. The summed E-state index contributed by atoms with van der Waals surface area (Å²) in [6.45, 7) is 2.63. The van der Waals surface area contributed by atoms with Crippen LogP contribution in [0.5, 0.6) is 11.5 Å². The molecule has 2 N–H and O–H groups in total. The van der Waals surface area contributed by atoms with Crippen LogP contribution in [0.4, 0.5) is 5.95 Å². The molecule has 0 spiro atoms. The lowest BCUT2D eigenvalue weighted by Gasteiger charge is -2.30. The average molecular weight is 394 g/mol. The standard InChI is InChI=1S/C22H26N4O3/c1-27-19-8-5-16(11-20(19)28-2)17-12-24-22(25-13-17)26-18-6-3-15(4-7-18)21-14-23-9-10-29-21/h3,5-8,11-13,15,21,23H,4,9-10,14H2,1-2H3,(H,24,25,26)/t15?,21-/m1/s1. The summed E-state index contributed by atoms with van der Waals surface area (Å²) in [5, 5.41) is 6.66. The molecule has 29 heavy (non-hydrogen) atoms. The normalized spacial score (nSPS) is 21.4. The number of aromatic nitrogens is 2. The van der Waals surface area contributed by atoms with Crippen molar-refractivity contribution < 1.29 is 14.2 Å². The van der Waals surface area contributed by atoms with Crippen molar-refractivity contribution in [1.82, 2.24) is 15.3 Å². The number of nitrogens with zero attached hydrogens (tertiary/aromatic N) is 2. The summed E-state index contributed by atoms with van der Waals surface area (Å²) in [5.74, 6) is 2.34. The molecular formula is C22H26N4O3. The number of nitrogens with one attached hydrogen (secondary N) is 2. The minimum Gasteiger partial charge on any atom is -0.493 e. The Balaban J connectivity index is 1.39. The van der Waals surface area contributed by atoms with E-state index in [1.165, 1.54) is 0 Å². The van der Waals surface area contributed by atoms with Crippen molar-refractivity contribution in [1.29, 1.82) is 0 Å². The Hall–Kier alpha value is -2.90. The number of ether oxygens (including phenoxy) is 3. The van der Waals surface area contributed by atoms with Gasteiger partial charge in [-0.2, -0.15) is 0 Å². The maximum absolute atomic E-state index is 5.85. The Morgan fingerprint density at radius 2 is 1.93 bits per heavy atom. The lowest BCUT2D eigenvalue weighted by Crippen LogP contribution is -2.42. The van der Waals surface area contributed by atoms with Gasteiger partial charge in [0.15, 0.2) is 11.5 Å². The van der Waals surface area contributed by atoms with E-state index >= 15 is 0 Å². The summed E-state index contributed by atoms with van der Waals surface area (Å²) >= 11 is 0. The van der Waals surface area contributed by atoms with Crippen molar-refractivity contribution in [3.63, 3.8) is 0 Å². The van der Waals surface area contributed by atoms with Crippen LogP contribution in [0, 0.1) is 5.92 Å². The fourth-order valence-corrected chi connectivity index (χ4v) is 3.55. The van der Waals surface area contributed by atoms with Gasteiger partial charge in [-0.15, -0.1) is 0 Å². The van der Waals surface area contributed by atoms with Gasteiger partial charge in [-0.3, -0.25) is 0 Å². The van der Waals surface area contributed by atoms with Crippen LogP contribution < -0.4 is 20.1 Å². The van der Waals surface area contributed by atoms with Crippen LogP contribution in [0.15, 0.2) is 54.5 Å². The van der Waals surface area contributed by atoms with E-state index in [1.54, 1.807) is 26.6 Å². The zero-order valence-electron chi connectivity index (χ0n) is 16.7. The highest BCUT2D eigenvalue weighted by atomic mass is 16.5. The minimum atomic E-state index is 0.245.